The molecule has 0 atom stereocenters. The van der Waals surface area contributed by atoms with Crippen LogP contribution in [0.15, 0.2) is 52.3 Å². The Bertz CT molecular complexity index is 1500. The largest absolute Gasteiger partial charge is 0.494 e. The van der Waals surface area contributed by atoms with Crippen LogP contribution in [0.25, 0.3) is 21.5 Å². The van der Waals surface area contributed by atoms with Crippen LogP contribution in [0.5, 0.6) is 5.88 Å². The summed E-state index contributed by atoms with van der Waals surface area (Å²) in [5, 5.41) is 17.2. The first-order valence-corrected chi connectivity index (χ1v) is 9.97. The number of likely N-dealkylation sites (N-methyl/N-ethyl adjacent to an activating group) is 1. The van der Waals surface area contributed by atoms with Crippen molar-refractivity contribution in [2.24, 2.45) is 4.99 Å². The summed E-state index contributed by atoms with van der Waals surface area (Å²) in [6, 6.07) is 14.1. The number of hydrogen-bond donors (Lipinski definition) is 1. The van der Waals surface area contributed by atoms with Crippen LogP contribution in [-0.4, -0.2) is 35.2 Å². The lowest BCUT2D eigenvalue weighted by Gasteiger charge is -2.16. The van der Waals surface area contributed by atoms with Gasteiger partial charge in [-0.2, -0.15) is 0 Å². The molecule has 29 heavy (non-hydrogen) atoms. The third-order valence-electron chi connectivity index (χ3n) is 5.86. The van der Waals surface area contributed by atoms with Gasteiger partial charge in [-0.05, 0) is 49.7 Å². The lowest BCUT2D eigenvalue weighted by atomic mass is 9.98. The Morgan fingerprint density at radius 3 is 2.62 bits per heavy atom. The van der Waals surface area contributed by atoms with Gasteiger partial charge in [0.2, 0.25) is 5.88 Å². The number of benzene rings is 3. The van der Waals surface area contributed by atoms with E-state index in [0.29, 0.717) is 23.9 Å². The average Bonchev–Trinajstić information content (AvgIpc) is 3.09. The van der Waals surface area contributed by atoms with Crippen molar-refractivity contribution in [1.82, 2.24) is 9.47 Å². The molecule has 0 saturated carbocycles. The van der Waals surface area contributed by atoms with Crippen LogP contribution in [0.3, 0.4) is 0 Å². The van der Waals surface area contributed by atoms with E-state index in [9.17, 15) is 9.90 Å². The van der Waals surface area contributed by atoms with Crippen molar-refractivity contribution in [3.8, 4) is 5.88 Å². The summed E-state index contributed by atoms with van der Waals surface area (Å²) >= 11 is 0. The second kappa shape index (κ2) is 6.42. The SMILES string of the molecule is CCc1ccc2c(c1)=Nc1cc3c(O)n(CCN(C)C)c(=O)c4cccc(c1=2)c34. The number of aryl methyl sites for hydroxylation is 1. The van der Waals surface area contributed by atoms with Crippen molar-refractivity contribution in [2.45, 2.75) is 19.9 Å². The van der Waals surface area contributed by atoms with Gasteiger partial charge in [-0.15, -0.1) is 0 Å². The molecular formula is C24H23N3O2. The highest BCUT2D eigenvalue weighted by Gasteiger charge is 2.19. The first-order chi connectivity index (χ1) is 14.0. The van der Waals surface area contributed by atoms with E-state index < -0.39 is 0 Å². The summed E-state index contributed by atoms with van der Waals surface area (Å²) in [4.78, 5) is 20.0. The second-order valence-corrected chi connectivity index (χ2v) is 7.95. The Morgan fingerprint density at radius 2 is 1.86 bits per heavy atom. The van der Waals surface area contributed by atoms with E-state index in [0.717, 1.165) is 38.7 Å². The highest BCUT2D eigenvalue weighted by molar-refractivity contribution is 6.13. The molecule has 0 unspecified atom stereocenters. The van der Waals surface area contributed by atoms with Crippen molar-refractivity contribution in [1.29, 1.82) is 0 Å². The smallest absolute Gasteiger partial charge is 0.261 e. The van der Waals surface area contributed by atoms with Crippen LogP contribution in [-0.2, 0) is 13.0 Å². The van der Waals surface area contributed by atoms with E-state index in [-0.39, 0.29) is 11.4 Å². The van der Waals surface area contributed by atoms with Gasteiger partial charge in [0.1, 0.15) is 0 Å². The Labute approximate surface area is 167 Å². The molecule has 5 heteroatoms. The summed E-state index contributed by atoms with van der Waals surface area (Å²) in [6.07, 6.45) is 0.958. The van der Waals surface area contributed by atoms with Gasteiger partial charge in [0.05, 0.1) is 11.0 Å². The molecule has 0 saturated heterocycles. The zero-order chi connectivity index (χ0) is 20.3. The average molecular weight is 385 g/mol. The van der Waals surface area contributed by atoms with Gasteiger partial charge in [0.15, 0.2) is 0 Å². The van der Waals surface area contributed by atoms with Gasteiger partial charge in [-0.3, -0.25) is 9.36 Å². The van der Waals surface area contributed by atoms with Crippen molar-refractivity contribution < 1.29 is 5.11 Å². The minimum absolute atomic E-state index is 0.0174. The lowest BCUT2D eigenvalue weighted by molar-refractivity contribution is 0.353. The summed E-state index contributed by atoms with van der Waals surface area (Å²) in [6.45, 7) is 3.23. The van der Waals surface area contributed by atoms with Crippen LogP contribution in [0, 0.1) is 10.4 Å². The number of pyridine rings is 1. The molecule has 0 fully saturated rings. The lowest BCUT2D eigenvalue weighted by Crippen LogP contribution is -2.26. The highest BCUT2D eigenvalue weighted by atomic mass is 16.3. The van der Waals surface area contributed by atoms with Gasteiger partial charge in [-0.25, -0.2) is 4.99 Å². The fourth-order valence-electron chi connectivity index (χ4n) is 4.32. The van der Waals surface area contributed by atoms with Gasteiger partial charge in [0.25, 0.3) is 5.56 Å². The molecular weight excluding hydrogens is 362 g/mol. The summed E-state index contributed by atoms with van der Waals surface area (Å²) < 4.78 is 1.47. The van der Waals surface area contributed by atoms with Crippen molar-refractivity contribution in [3.63, 3.8) is 0 Å². The van der Waals surface area contributed by atoms with E-state index in [1.165, 1.54) is 10.1 Å². The molecule has 0 amide bonds. The molecule has 1 N–H and O–H groups in total. The topological polar surface area (TPSA) is 57.8 Å². The van der Waals surface area contributed by atoms with Crippen molar-refractivity contribution >= 4 is 27.2 Å². The van der Waals surface area contributed by atoms with Gasteiger partial charge < -0.3 is 10.0 Å². The quantitative estimate of drug-likeness (QED) is 0.517. The first-order valence-electron chi connectivity index (χ1n) is 9.97. The Hall–Kier alpha value is -3.18. The predicted octanol–water partition coefficient (Wildman–Crippen LogP) is 3.25. The number of nitrogens with zero attached hydrogens (tertiary/aromatic N) is 3. The minimum atomic E-state index is -0.154. The van der Waals surface area contributed by atoms with Crippen LogP contribution < -0.4 is 10.9 Å². The first kappa shape index (κ1) is 17.9. The number of aromatic nitrogens is 1. The molecule has 5 nitrogen and oxygen atoms in total. The van der Waals surface area contributed by atoms with Gasteiger partial charge >= 0.3 is 0 Å². The standard InChI is InChI=1S/C24H23N3O2/c1-4-14-8-9-15-19(12-14)25-20-13-18-21-16(22(15)20)6-5-7-17(21)23(28)27(24(18)29)11-10-26(2)3/h5-9,12-13,29H,4,10-11H2,1-3H3. The zero-order valence-corrected chi connectivity index (χ0v) is 16.9. The number of aromatic hydroxyl groups is 1. The number of rotatable bonds is 4. The second-order valence-electron chi connectivity index (χ2n) is 7.95. The molecule has 146 valence electrons. The van der Waals surface area contributed by atoms with Crippen molar-refractivity contribution in [2.75, 3.05) is 20.6 Å². The summed E-state index contributed by atoms with van der Waals surface area (Å²) in [5.74, 6) is 0.0174. The zero-order valence-electron chi connectivity index (χ0n) is 16.9. The molecule has 5 rings (SSSR count). The van der Waals surface area contributed by atoms with Gasteiger partial charge in [-0.1, -0.05) is 31.2 Å². The van der Waals surface area contributed by atoms with Crippen molar-refractivity contribution in [3.05, 3.63) is 74.2 Å². The van der Waals surface area contributed by atoms with Crippen LogP contribution in [0.1, 0.15) is 12.5 Å². The fraction of sp³-hybridized carbons (Fsp3) is 0.250. The Morgan fingerprint density at radius 1 is 1.07 bits per heavy atom. The van der Waals surface area contributed by atoms with Crippen LogP contribution in [0.4, 0.5) is 5.69 Å². The molecule has 0 bridgehead atoms. The molecule has 3 aromatic carbocycles. The number of hydrogen-bond acceptors (Lipinski definition) is 4. The minimum Gasteiger partial charge on any atom is -0.494 e. The Balaban J connectivity index is 1.94. The number of fused-ring (bicyclic) bond motifs is 3. The molecule has 2 heterocycles. The summed E-state index contributed by atoms with van der Waals surface area (Å²) in [7, 11) is 3.90. The van der Waals surface area contributed by atoms with Gasteiger partial charge in [0, 0.05) is 39.7 Å². The monoisotopic (exact) mass is 385 g/mol. The molecule has 1 aromatic heterocycles. The molecule has 0 spiro atoms. The molecule has 1 aliphatic rings. The third-order valence-corrected chi connectivity index (χ3v) is 5.86. The fourth-order valence-corrected chi connectivity index (χ4v) is 4.32. The van der Waals surface area contributed by atoms with E-state index >= 15 is 0 Å². The predicted molar refractivity (Wildman–Crippen MR) is 116 cm³/mol. The Kier molecular flexibility index (Phi) is 3.96. The normalized spacial score (nSPS) is 12.6. The highest BCUT2D eigenvalue weighted by Crippen LogP contribution is 2.37. The van der Waals surface area contributed by atoms with Crippen LogP contribution in [0.2, 0.25) is 0 Å². The van der Waals surface area contributed by atoms with E-state index in [4.69, 9.17) is 4.99 Å². The maximum atomic E-state index is 13.2. The van der Waals surface area contributed by atoms with E-state index in [1.807, 2.05) is 43.3 Å². The van der Waals surface area contributed by atoms with E-state index in [1.54, 1.807) is 0 Å². The maximum absolute atomic E-state index is 13.2. The maximum Gasteiger partial charge on any atom is 0.261 e. The molecule has 1 aliphatic heterocycles. The molecule has 4 aromatic rings. The summed E-state index contributed by atoms with van der Waals surface area (Å²) in [5.41, 5.74) is 1.94. The van der Waals surface area contributed by atoms with E-state index in [2.05, 4.69) is 25.1 Å². The molecule has 0 aliphatic carbocycles. The molecule has 0 radical (unpaired) electrons. The third kappa shape index (κ3) is 2.58. The van der Waals surface area contributed by atoms with Crippen LogP contribution >= 0.6 is 0 Å².